The van der Waals surface area contributed by atoms with E-state index in [4.69, 9.17) is 9.47 Å². The zero-order chi connectivity index (χ0) is 18.8. The Hall–Kier alpha value is -2.34. The molecule has 5 nitrogen and oxygen atoms in total. The van der Waals surface area contributed by atoms with Gasteiger partial charge in [0.2, 0.25) is 5.91 Å². The minimum atomic E-state index is -0.151. The van der Waals surface area contributed by atoms with E-state index in [-0.39, 0.29) is 5.91 Å². The van der Waals surface area contributed by atoms with Crippen LogP contribution >= 0.6 is 15.9 Å². The van der Waals surface area contributed by atoms with Gasteiger partial charge in [0.25, 0.3) is 0 Å². The minimum absolute atomic E-state index is 0.151. The van der Waals surface area contributed by atoms with Crippen molar-refractivity contribution in [1.82, 2.24) is 5.43 Å². The van der Waals surface area contributed by atoms with Crippen molar-refractivity contribution in [1.29, 1.82) is 0 Å². The highest BCUT2D eigenvalue weighted by molar-refractivity contribution is 9.10. The molecule has 0 spiro atoms. The molecule has 0 heterocycles. The molecule has 0 aliphatic carbocycles. The zero-order valence-corrected chi connectivity index (χ0v) is 16.6. The van der Waals surface area contributed by atoms with Crippen molar-refractivity contribution < 1.29 is 14.3 Å². The topological polar surface area (TPSA) is 59.9 Å². The first-order valence-corrected chi connectivity index (χ1v) is 9.32. The van der Waals surface area contributed by atoms with Crippen LogP contribution in [0.2, 0.25) is 0 Å². The van der Waals surface area contributed by atoms with Crippen LogP contribution in [0.25, 0.3) is 0 Å². The molecular weight excluding hydrogens is 396 g/mol. The smallest absolute Gasteiger partial charge is 0.240 e. The van der Waals surface area contributed by atoms with E-state index < -0.39 is 0 Å². The number of para-hydroxylation sites is 1. The summed E-state index contributed by atoms with van der Waals surface area (Å²) in [6, 6.07) is 13.4. The number of aryl methyl sites for hydroxylation is 1. The van der Waals surface area contributed by atoms with E-state index in [0.29, 0.717) is 26.1 Å². The number of carbonyl (C=O) groups excluding carboxylic acids is 1. The fourth-order valence-corrected chi connectivity index (χ4v) is 2.85. The maximum absolute atomic E-state index is 11.8. The quantitative estimate of drug-likeness (QED) is 0.371. The second-order valence-corrected chi connectivity index (χ2v) is 6.50. The summed E-state index contributed by atoms with van der Waals surface area (Å²) in [4.78, 5) is 11.8. The van der Waals surface area contributed by atoms with Gasteiger partial charge in [-0.15, -0.1) is 0 Å². The lowest BCUT2D eigenvalue weighted by atomic mass is 10.2. The largest absolute Gasteiger partial charge is 0.493 e. The molecule has 0 aromatic heterocycles. The average molecular weight is 419 g/mol. The Bertz CT molecular complexity index is 762. The predicted molar refractivity (Wildman–Crippen MR) is 107 cm³/mol. The van der Waals surface area contributed by atoms with E-state index in [1.807, 2.05) is 56.3 Å². The molecule has 0 atom stereocenters. The van der Waals surface area contributed by atoms with Crippen LogP contribution in [-0.2, 0) is 4.79 Å². The predicted octanol–water partition coefficient (Wildman–Crippen LogP) is 4.47. The SMILES string of the molecule is CCOc1ccccc1/C=N/NC(=O)CCCOc1ccc(C)cc1Br. The second-order valence-electron chi connectivity index (χ2n) is 5.65. The molecule has 26 heavy (non-hydrogen) atoms. The molecule has 1 N–H and O–H groups in total. The molecule has 0 fully saturated rings. The van der Waals surface area contributed by atoms with Gasteiger partial charge >= 0.3 is 0 Å². The fraction of sp³-hybridized carbons (Fsp3) is 0.300. The third-order valence-electron chi connectivity index (χ3n) is 3.50. The van der Waals surface area contributed by atoms with E-state index in [1.165, 1.54) is 0 Å². The lowest BCUT2D eigenvalue weighted by Crippen LogP contribution is -2.18. The summed E-state index contributed by atoms with van der Waals surface area (Å²) in [5.41, 5.74) is 4.51. The molecule has 2 aromatic carbocycles. The summed E-state index contributed by atoms with van der Waals surface area (Å²) in [6.07, 6.45) is 2.54. The third kappa shape index (κ3) is 6.52. The molecule has 0 aliphatic heterocycles. The monoisotopic (exact) mass is 418 g/mol. The van der Waals surface area contributed by atoms with Crippen LogP contribution in [0.5, 0.6) is 11.5 Å². The summed E-state index contributed by atoms with van der Waals surface area (Å²) >= 11 is 3.47. The zero-order valence-electron chi connectivity index (χ0n) is 15.0. The van der Waals surface area contributed by atoms with Crippen molar-refractivity contribution in [3.8, 4) is 11.5 Å². The summed E-state index contributed by atoms with van der Waals surface area (Å²) in [5, 5.41) is 3.99. The Kier molecular flexibility index (Phi) is 8.15. The molecule has 2 aromatic rings. The Balaban J connectivity index is 1.72. The van der Waals surface area contributed by atoms with Crippen molar-refractivity contribution >= 4 is 28.1 Å². The van der Waals surface area contributed by atoms with Gasteiger partial charge in [-0.25, -0.2) is 5.43 Å². The Labute approximate surface area is 162 Å². The van der Waals surface area contributed by atoms with Crippen molar-refractivity contribution in [2.75, 3.05) is 13.2 Å². The lowest BCUT2D eigenvalue weighted by Gasteiger charge is -2.08. The fourth-order valence-electron chi connectivity index (χ4n) is 2.24. The van der Waals surface area contributed by atoms with Gasteiger partial charge in [0.15, 0.2) is 0 Å². The highest BCUT2D eigenvalue weighted by Gasteiger charge is 2.04. The van der Waals surface area contributed by atoms with Gasteiger partial charge in [0, 0.05) is 12.0 Å². The Morgan fingerprint density at radius 1 is 1.19 bits per heavy atom. The maximum atomic E-state index is 11.8. The number of hydrogen-bond donors (Lipinski definition) is 1. The highest BCUT2D eigenvalue weighted by atomic mass is 79.9. The molecule has 0 saturated carbocycles. The van der Waals surface area contributed by atoms with Crippen LogP contribution in [0.15, 0.2) is 52.0 Å². The van der Waals surface area contributed by atoms with Crippen molar-refractivity contribution in [2.24, 2.45) is 5.10 Å². The first-order valence-electron chi connectivity index (χ1n) is 8.53. The van der Waals surface area contributed by atoms with E-state index in [2.05, 4.69) is 26.5 Å². The molecule has 138 valence electrons. The number of hydrazone groups is 1. The number of nitrogens with one attached hydrogen (secondary N) is 1. The van der Waals surface area contributed by atoms with Crippen molar-refractivity contribution in [2.45, 2.75) is 26.7 Å². The maximum Gasteiger partial charge on any atom is 0.240 e. The Morgan fingerprint density at radius 3 is 2.77 bits per heavy atom. The van der Waals surface area contributed by atoms with Gasteiger partial charge in [-0.1, -0.05) is 18.2 Å². The van der Waals surface area contributed by atoms with Crippen molar-refractivity contribution in [3.05, 3.63) is 58.1 Å². The first-order chi connectivity index (χ1) is 12.6. The number of carbonyl (C=O) groups is 1. The minimum Gasteiger partial charge on any atom is -0.493 e. The normalized spacial score (nSPS) is 10.7. The van der Waals surface area contributed by atoms with Crippen LogP contribution in [-0.4, -0.2) is 25.3 Å². The van der Waals surface area contributed by atoms with Crippen LogP contribution in [0.1, 0.15) is 30.9 Å². The highest BCUT2D eigenvalue weighted by Crippen LogP contribution is 2.25. The first kappa shape index (κ1) is 20.0. The number of amides is 1. The summed E-state index contributed by atoms with van der Waals surface area (Å²) in [7, 11) is 0. The van der Waals surface area contributed by atoms with Crippen LogP contribution < -0.4 is 14.9 Å². The van der Waals surface area contributed by atoms with Gasteiger partial charge in [0.05, 0.1) is 23.9 Å². The summed E-state index contributed by atoms with van der Waals surface area (Å²) in [6.45, 7) is 4.99. The number of hydrogen-bond acceptors (Lipinski definition) is 4. The van der Waals surface area contributed by atoms with Gasteiger partial charge in [0.1, 0.15) is 11.5 Å². The lowest BCUT2D eigenvalue weighted by molar-refractivity contribution is -0.121. The number of rotatable bonds is 9. The molecule has 0 saturated heterocycles. The molecule has 2 rings (SSSR count). The van der Waals surface area contributed by atoms with Crippen LogP contribution in [0.3, 0.4) is 0 Å². The molecule has 6 heteroatoms. The third-order valence-corrected chi connectivity index (χ3v) is 4.12. The number of benzene rings is 2. The van der Waals surface area contributed by atoms with Crippen LogP contribution in [0.4, 0.5) is 0 Å². The van der Waals surface area contributed by atoms with Gasteiger partial charge < -0.3 is 9.47 Å². The number of halogens is 1. The number of nitrogens with zero attached hydrogens (tertiary/aromatic N) is 1. The van der Waals surface area contributed by atoms with E-state index in [0.717, 1.165) is 27.1 Å². The average Bonchev–Trinajstić information content (AvgIpc) is 2.62. The summed E-state index contributed by atoms with van der Waals surface area (Å²) < 4.78 is 12.1. The molecule has 0 radical (unpaired) electrons. The molecule has 0 unspecified atom stereocenters. The van der Waals surface area contributed by atoms with E-state index in [9.17, 15) is 4.79 Å². The number of ether oxygens (including phenoxy) is 2. The standard InChI is InChI=1S/C20H23BrN2O3/c1-3-25-18-8-5-4-7-16(18)14-22-23-20(24)9-6-12-26-19-11-10-15(2)13-17(19)21/h4-5,7-8,10-11,13-14H,3,6,9,12H2,1-2H3,(H,23,24)/b22-14+. The summed E-state index contributed by atoms with van der Waals surface area (Å²) in [5.74, 6) is 1.37. The van der Waals surface area contributed by atoms with Gasteiger partial charge in [-0.3, -0.25) is 4.79 Å². The molecular formula is C20H23BrN2O3. The second kappa shape index (κ2) is 10.6. The van der Waals surface area contributed by atoms with E-state index in [1.54, 1.807) is 6.21 Å². The van der Waals surface area contributed by atoms with Crippen molar-refractivity contribution in [3.63, 3.8) is 0 Å². The van der Waals surface area contributed by atoms with Gasteiger partial charge in [-0.2, -0.15) is 5.10 Å². The molecule has 0 aliphatic rings. The Morgan fingerprint density at radius 2 is 2.00 bits per heavy atom. The van der Waals surface area contributed by atoms with Gasteiger partial charge in [-0.05, 0) is 66.0 Å². The molecule has 1 amide bonds. The molecule has 0 bridgehead atoms. The van der Waals surface area contributed by atoms with Crippen LogP contribution in [0, 0.1) is 6.92 Å². The van der Waals surface area contributed by atoms with E-state index >= 15 is 0 Å².